The molecular weight excluding hydrogens is 366 g/mol. The summed E-state index contributed by atoms with van der Waals surface area (Å²) in [6.07, 6.45) is 0. The van der Waals surface area contributed by atoms with Crippen molar-refractivity contribution >= 4 is 49.2 Å². The van der Waals surface area contributed by atoms with Gasteiger partial charge in [-0.1, -0.05) is 47.4 Å². The summed E-state index contributed by atoms with van der Waals surface area (Å²) in [5.41, 5.74) is 1.67. The van der Waals surface area contributed by atoms with Crippen LogP contribution < -0.4 is 5.56 Å². The third-order valence-corrected chi connectivity index (χ3v) is 6.27. The minimum Gasteiger partial charge on any atom is -0.309 e. The van der Waals surface area contributed by atoms with E-state index in [1.54, 1.807) is 17.4 Å². The van der Waals surface area contributed by atoms with E-state index >= 15 is 0 Å². The Balaban J connectivity index is 1.57. The third kappa shape index (κ3) is 2.41. The summed E-state index contributed by atoms with van der Waals surface area (Å²) in [6.45, 7) is 2.01. The predicted molar refractivity (Wildman–Crippen MR) is 105 cm³/mol. The number of aromatic nitrogens is 5. The molecule has 0 amide bonds. The number of para-hydroxylation sites is 2. The van der Waals surface area contributed by atoms with E-state index in [0.717, 1.165) is 15.6 Å². The molecule has 0 bridgehead atoms. The fourth-order valence-electron chi connectivity index (χ4n) is 2.94. The first kappa shape index (κ1) is 15.5. The van der Waals surface area contributed by atoms with Crippen LogP contribution in [0.3, 0.4) is 0 Å². The largest absolute Gasteiger partial charge is 0.309 e. The Labute approximate surface area is 155 Å². The average Bonchev–Trinajstić information content (AvgIpc) is 3.21. The highest BCUT2D eigenvalue weighted by Crippen LogP contribution is 2.35. The first-order chi connectivity index (χ1) is 12.7. The molecule has 1 unspecified atom stereocenters. The molecule has 1 atom stereocenters. The van der Waals surface area contributed by atoms with E-state index in [1.165, 1.54) is 16.5 Å². The van der Waals surface area contributed by atoms with Gasteiger partial charge >= 0.3 is 0 Å². The first-order valence-corrected chi connectivity index (χ1v) is 9.78. The van der Waals surface area contributed by atoms with Crippen molar-refractivity contribution in [1.82, 2.24) is 24.6 Å². The number of hydrogen-bond donors (Lipinski definition) is 1. The van der Waals surface area contributed by atoms with Crippen molar-refractivity contribution in [3.63, 3.8) is 0 Å². The molecule has 6 nitrogen and oxygen atoms in total. The van der Waals surface area contributed by atoms with E-state index < -0.39 is 0 Å². The van der Waals surface area contributed by atoms with Gasteiger partial charge in [-0.2, -0.15) is 0 Å². The molecule has 0 saturated heterocycles. The molecule has 2 aromatic carbocycles. The highest BCUT2D eigenvalue weighted by atomic mass is 32.2. The van der Waals surface area contributed by atoms with Crippen molar-refractivity contribution in [3.05, 3.63) is 64.7 Å². The summed E-state index contributed by atoms with van der Waals surface area (Å²) in [5.74, 6) is 0.634. The van der Waals surface area contributed by atoms with Crippen LogP contribution in [0.4, 0.5) is 0 Å². The van der Waals surface area contributed by atoms with Gasteiger partial charge in [-0.05, 0) is 31.2 Å². The Morgan fingerprint density at radius 3 is 2.85 bits per heavy atom. The van der Waals surface area contributed by atoms with E-state index in [4.69, 9.17) is 0 Å². The highest BCUT2D eigenvalue weighted by molar-refractivity contribution is 7.99. The van der Waals surface area contributed by atoms with E-state index in [9.17, 15) is 4.79 Å². The van der Waals surface area contributed by atoms with Crippen molar-refractivity contribution in [2.45, 2.75) is 17.3 Å². The minimum absolute atomic E-state index is 0.0710. The highest BCUT2D eigenvalue weighted by Gasteiger charge is 2.18. The number of benzene rings is 2. The maximum Gasteiger partial charge on any atom is 0.258 e. The summed E-state index contributed by atoms with van der Waals surface area (Å²) in [7, 11) is 0. The van der Waals surface area contributed by atoms with Crippen LogP contribution in [-0.4, -0.2) is 24.6 Å². The van der Waals surface area contributed by atoms with E-state index in [0.29, 0.717) is 16.7 Å². The molecule has 0 aliphatic heterocycles. The summed E-state index contributed by atoms with van der Waals surface area (Å²) in [6, 6.07) is 15.5. The van der Waals surface area contributed by atoms with Gasteiger partial charge in [0.15, 0.2) is 5.16 Å². The van der Waals surface area contributed by atoms with Gasteiger partial charge in [0, 0.05) is 0 Å². The van der Waals surface area contributed by atoms with E-state index in [2.05, 4.69) is 36.7 Å². The van der Waals surface area contributed by atoms with Gasteiger partial charge in [0.2, 0.25) is 4.96 Å². The number of aromatic amines is 1. The maximum absolute atomic E-state index is 12.3. The monoisotopic (exact) mass is 379 g/mol. The van der Waals surface area contributed by atoms with Gasteiger partial charge in [-0.3, -0.25) is 9.20 Å². The standard InChI is InChI=1S/C18H13N5OS2/c1-10(15-19-12-7-3-2-6-11(12)16(24)20-15)25-17-21-22-18-23(17)13-8-4-5-9-14(13)26-18/h2-10H,1H3,(H,19,20,24). The number of rotatable bonds is 3. The van der Waals surface area contributed by atoms with E-state index in [1.807, 2.05) is 37.3 Å². The van der Waals surface area contributed by atoms with Crippen molar-refractivity contribution in [1.29, 1.82) is 0 Å². The first-order valence-electron chi connectivity index (χ1n) is 8.09. The van der Waals surface area contributed by atoms with Gasteiger partial charge in [-0.15, -0.1) is 10.2 Å². The molecule has 8 heteroatoms. The molecular formula is C18H13N5OS2. The smallest absolute Gasteiger partial charge is 0.258 e. The normalized spacial score (nSPS) is 13.0. The van der Waals surface area contributed by atoms with Crippen LogP contribution in [-0.2, 0) is 0 Å². The second kappa shape index (κ2) is 5.93. The number of nitrogens with one attached hydrogen (secondary N) is 1. The Bertz CT molecular complexity index is 1320. The Morgan fingerprint density at radius 2 is 1.92 bits per heavy atom. The number of thiazole rings is 1. The molecule has 0 aliphatic rings. The minimum atomic E-state index is -0.120. The zero-order chi connectivity index (χ0) is 17.7. The number of fused-ring (bicyclic) bond motifs is 4. The number of hydrogen-bond acceptors (Lipinski definition) is 6. The molecule has 0 fully saturated rings. The van der Waals surface area contributed by atoms with Gasteiger partial charge in [0.25, 0.3) is 5.56 Å². The summed E-state index contributed by atoms with van der Waals surface area (Å²) >= 11 is 3.15. The fourth-order valence-corrected chi connectivity index (χ4v) is 4.88. The second-order valence-electron chi connectivity index (χ2n) is 5.90. The third-order valence-electron chi connectivity index (χ3n) is 4.21. The number of nitrogens with zero attached hydrogens (tertiary/aromatic N) is 4. The van der Waals surface area contributed by atoms with Crippen LogP contribution in [0.1, 0.15) is 18.0 Å². The lowest BCUT2D eigenvalue weighted by molar-refractivity contribution is 0.892. The Morgan fingerprint density at radius 1 is 1.12 bits per heavy atom. The quantitative estimate of drug-likeness (QED) is 0.479. The molecule has 5 aromatic rings. The van der Waals surface area contributed by atoms with Gasteiger partial charge in [0.05, 0.1) is 26.4 Å². The van der Waals surface area contributed by atoms with Crippen molar-refractivity contribution in [3.8, 4) is 0 Å². The maximum atomic E-state index is 12.3. The van der Waals surface area contributed by atoms with Gasteiger partial charge in [-0.25, -0.2) is 4.98 Å². The van der Waals surface area contributed by atoms with E-state index in [-0.39, 0.29) is 10.8 Å². The second-order valence-corrected chi connectivity index (χ2v) is 8.22. The van der Waals surface area contributed by atoms with Gasteiger partial charge in [0.1, 0.15) is 5.82 Å². The zero-order valence-corrected chi connectivity index (χ0v) is 15.3. The predicted octanol–water partition coefficient (Wildman–Crippen LogP) is 4.03. The molecule has 128 valence electrons. The van der Waals surface area contributed by atoms with Crippen LogP contribution in [0.5, 0.6) is 0 Å². The Kier molecular flexibility index (Phi) is 3.54. The lowest BCUT2D eigenvalue weighted by Crippen LogP contribution is -2.12. The molecule has 1 N–H and O–H groups in total. The van der Waals surface area contributed by atoms with Crippen molar-refractivity contribution in [2.24, 2.45) is 0 Å². The molecule has 0 spiro atoms. The SMILES string of the molecule is CC(Sc1nnc2sc3ccccc3n12)c1nc2ccccc2c(=O)[nH]1. The molecule has 3 heterocycles. The summed E-state index contributed by atoms with van der Waals surface area (Å²) in [5, 5.41) is 9.93. The van der Waals surface area contributed by atoms with Crippen LogP contribution in [0.25, 0.3) is 26.1 Å². The van der Waals surface area contributed by atoms with Crippen molar-refractivity contribution < 1.29 is 0 Å². The topological polar surface area (TPSA) is 75.9 Å². The Hall–Kier alpha value is -2.71. The lowest BCUT2D eigenvalue weighted by atomic mass is 10.2. The molecule has 5 rings (SSSR count). The van der Waals surface area contributed by atoms with Crippen molar-refractivity contribution in [2.75, 3.05) is 0 Å². The van der Waals surface area contributed by atoms with Crippen LogP contribution in [0.2, 0.25) is 0 Å². The molecule has 3 aromatic heterocycles. The number of thioether (sulfide) groups is 1. The van der Waals surface area contributed by atoms with Crippen LogP contribution in [0, 0.1) is 0 Å². The average molecular weight is 379 g/mol. The summed E-state index contributed by atoms with van der Waals surface area (Å²) in [4.78, 5) is 20.7. The molecule has 0 saturated carbocycles. The van der Waals surface area contributed by atoms with Crippen LogP contribution >= 0.6 is 23.1 Å². The molecule has 0 aliphatic carbocycles. The lowest BCUT2D eigenvalue weighted by Gasteiger charge is -2.10. The van der Waals surface area contributed by atoms with Gasteiger partial charge < -0.3 is 4.98 Å². The molecule has 0 radical (unpaired) electrons. The number of H-pyrrole nitrogens is 1. The fraction of sp³-hybridized carbons (Fsp3) is 0.111. The van der Waals surface area contributed by atoms with Crippen LogP contribution in [0.15, 0.2) is 58.5 Å². The summed E-state index contributed by atoms with van der Waals surface area (Å²) < 4.78 is 3.23. The zero-order valence-electron chi connectivity index (χ0n) is 13.7. The molecule has 26 heavy (non-hydrogen) atoms.